The average Bonchev–Trinajstić information content (AvgIpc) is 3.38. The lowest BCUT2D eigenvalue weighted by molar-refractivity contribution is -0.123. The Balaban J connectivity index is 1.43. The normalized spacial score (nSPS) is 31.6. The molecule has 0 unspecified atom stereocenters. The number of amides is 2. The molecular formula is C19H29N5O2S. The van der Waals surface area contributed by atoms with Crippen molar-refractivity contribution in [2.75, 3.05) is 22.9 Å². The minimum Gasteiger partial charge on any atom is -0.351 e. The van der Waals surface area contributed by atoms with Gasteiger partial charge in [-0.05, 0) is 37.5 Å². The van der Waals surface area contributed by atoms with Gasteiger partial charge in [-0.3, -0.25) is 14.5 Å². The Labute approximate surface area is 164 Å². The Hall–Kier alpha value is -1.70. The van der Waals surface area contributed by atoms with Gasteiger partial charge in [-0.1, -0.05) is 38.0 Å². The third kappa shape index (κ3) is 3.68. The van der Waals surface area contributed by atoms with Crippen molar-refractivity contribution in [1.82, 2.24) is 15.5 Å². The molecule has 1 N–H and O–H groups in total. The van der Waals surface area contributed by atoms with Crippen LogP contribution in [0.4, 0.5) is 10.3 Å². The molecule has 2 saturated heterocycles. The smallest absolute Gasteiger partial charge is 0.243 e. The van der Waals surface area contributed by atoms with Crippen molar-refractivity contribution in [3.05, 3.63) is 0 Å². The molecule has 0 radical (unpaired) electrons. The lowest BCUT2D eigenvalue weighted by Crippen LogP contribution is -2.50. The summed E-state index contributed by atoms with van der Waals surface area (Å²) < 4.78 is 0. The summed E-state index contributed by atoms with van der Waals surface area (Å²) in [6.45, 7) is 6.07. The second-order valence-corrected chi connectivity index (χ2v) is 9.18. The van der Waals surface area contributed by atoms with E-state index in [0.717, 1.165) is 43.9 Å². The highest BCUT2D eigenvalue weighted by atomic mass is 32.1. The van der Waals surface area contributed by atoms with Crippen LogP contribution in [0.3, 0.4) is 0 Å². The maximum absolute atomic E-state index is 13.0. The fourth-order valence-corrected chi connectivity index (χ4v) is 5.58. The summed E-state index contributed by atoms with van der Waals surface area (Å²) in [7, 11) is 0. The number of carbonyl (C=O) groups is 2. The van der Waals surface area contributed by atoms with E-state index in [1.165, 1.54) is 24.2 Å². The topological polar surface area (TPSA) is 78.4 Å². The maximum atomic E-state index is 13.0. The minimum atomic E-state index is -0.176. The summed E-state index contributed by atoms with van der Waals surface area (Å²) in [4.78, 5) is 28.7. The molecule has 0 aromatic carbocycles. The van der Waals surface area contributed by atoms with E-state index in [2.05, 4.69) is 34.3 Å². The highest BCUT2D eigenvalue weighted by Crippen LogP contribution is 2.34. The van der Waals surface area contributed by atoms with E-state index >= 15 is 0 Å². The van der Waals surface area contributed by atoms with Crippen molar-refractivity contribution < 1.29 is 9.59 Å². The van der Waals surface area contributed by atoms with Crippen LogP contribution in [0.15, 0.2) is 0 Å². The minimum absolute atomic E-state index is 0.118. The van der Waals surface area contributed by atoms with Gasteiger partial charge < -0.3 is 10.2 Å². The Morgan fingerprint density at radius 2 is 1.89 bits per heavy atom. The molecule has 1 aromatic rings. The van der Waals surface area contributed by atoms with Gasteiger partial charge in [0.05, 0.1) is 0 Å². The Morgan fingerprint density at radius 1 is 1.07 bits per heavy atom. The number of aromatic nitrogens is 2. The standard InChI is InChI=1S/C19H29N5O2S/c1-12-6-3-7-14(13(12)2)20-17(26)15-8-4-10-23(15)18-21-22-19(27-18)24-11-5-9-16(24)25/h12-15H,3-11H2,1-2H3,(H,20,26)/t12-,13-,14+,15+/m1/s1. The summed E-state index contributed by atoms with van der Waals surface area (Å²) in [5, 5.41) is 13.3. The first-order chi connectivity index (χ1) is 13.0. The molecule has 8 heteroatoms. The van der Waals surface area contributed by atoms with Gasteiger partial charge in [-0.2, -0.15) is 0 Å². The van der Waals surface area contributed by atoms with Crippen molar-refractivity contribution in [2.24, 2.45) is 11.8 Å². The first-order valence-corrected chi connectivity index (χ1v) is 11.1. The van der Waals surface area contributed by atoms with E-state index in [1.54, 1.807) is 4.90 Å². The van der Waals surface area contributed by atoms with Gasteiger partial charge in [-0.25, -0.2) is 0 Å². The van der Waals surface area contributed by atoms with Gasteiger partial charge in [0, 0.05) is 25.6 Å². The molecule has 3 aliphatic rings. The molecule has 0 bridgehead atoms. The van der Waals surface area contributed by atoms with E-state index in [9.17, 15) is 9.59 Å². The van der Waals surface area contributed by atoms with Gasteiger partial charge in [0.2, 0.25) is 22.1 Å². The number of rotatable bonds is 4. The molecule has 2 aliphatic heterocycles. The molecule has 148 valence electrons. The Kier molecular flexibility index (Phi) is 5.34. The van der Waals surface area contributed by atoms with Gasteiger partial charge in [0.1, 0.15) is 6.04 Å². The highest BCUT2D eigenvalue weighted by Gasteiger charge is 2.36. The van der Waals surface area contributed by atoms with Crippen molar-refractivity contribution in [3.63, 3.8) is 0 Å². The van der Waals surface area contributed by atoms with E-state index in [0.29, 0.717) is 23.4 Å². The summed E-state index contributed by atoms with van der Waals surface area (Å²) in [5.74, 6) is 1.42. The van der Waals surface area contributed by atoms with E-state index < -0.39 is 0 Å². The van der Waals surface area contributed by atoms with Crippen LogP contribution in [0, 0.1) is 11.8 Å². The van der Waals surface area contributed by atoms with Crippen LogP contribution in [0.25, 0.3) is 0 Å². The first-order valence-electron chi connectivity index (χ1n) is 10.3. The van der Waals surface area contributed by atoms with Crippen LogP contribution >= 0.6 is 11.3 Å². The molecule has 3 fully saturated rings. The third-order valence-corrected chi connectivity index (χ3v) is 7.53. The van der Waals surface area contributed by atoms with Gasteiger partial charge in [0.15, 0.2) is 0 Å². The molecule has 0 spiro atoms. The zero-order chi connectivity index (χ0) is 19.0. The van der Waals surface area contributed by atoms with Crippen LogP contribution in [-0.2, 0) is 9.59 Å². The molecule has 1 saturated carbocycles. The number of hydrogen-bond donors (Lipinski definition) is 1. The van der Waals surface area contributed by atoms with Crippen molar-refractivity contribution >= 4 is 33.4 Å². The zero-order valence-corrected chi connectivity index (χ0v) is 17.0. The van der Waals surface area contributed by atoms with Gasteiger partial charge in [0.25, 0.3) is 0 Å². The summed E-state index contributed by atoms with van der Waals surface area (Å²) in [5.41, 5.74) is 0. The van der Waals surface area contributed by atoms with Crippen LogP contribution in [-0.4, -0.2) is 47.2 Å². The largest absolute Gasteiger partial charge is 0.351 e. The van der Waals surface area contributed by atoms with Crippen LogP contribution in [0.1, 0.15) is 58.8 Å². The molecule has 3 heterocycles. The van der Waals surface area contributed by atoms with Crippen LogP contribution in [0.2, 0.25) is 0 Å². The maximum Gasteiger partial charge on any atom is 0.243 e. The summed E-state index contributed by atoms with van der Waals surface area (Å²) >= 11 is 1.43. The zero-order valence-electron chi connectivity index (χ0n) is 16.2. The predicted molar refractivity (Wildman–Crippen MR) is 106 cm³/mol. The lowest BCUT2D eigenvalue weighted by atomic mass is 9.78. The van der Waals surface area contributed by atoms with E-state index in [1.807, 2.05) is 0 Å². The monoisotopic (exact) mass is 391 g/mol. The number of nitrogens with zero attached hydrogens (tertiary/aromatic N) is 4. The fraction of sp³-hybridized carbons (Fsp3) is 0.789. The fourth-order valence-electron chi connectivity index (χ4n) is 4.62. The lowest BCUT2D eigenvalue weighted by Gasteiger charge is -2.36. The first kappa shape index (κ1) is 18.7. The molecular weight excluding hydrogens is 362 g/mol. The van der Waals surface area contributed by atoms with Gasteiger partial charge in [-0.15, -0.1) is 10.2 Å². The molecule has 4 atom stereocenters. The highest BCUT2D eigenvalue weighted by molar-refractivity contribution is 7.19. The molecule has 1 aromatic heterocycles. The van der Waals surface area contributed by atoms with E-state index in [-0.39, 0.29) is 23.9 Å². The van der Waals surface area contributed by atoms with Crippen molar-refractivity contribution in [2.45, 2.75) is 70.9 Å². The Morgan fingerprint density at radius 3 is 2.67 bits per heavy atom. The molecule has 2 amide bonds. The number of carbonyl (C=O) groups excluding carboxylic acids is 2. The molecule has 4 rings (SSSR count). The Bertz CT molecular complexity index is 708. The predicted octanol–water partition coefficient (Wildman–Crippen LogP) is 2.57. The van der Waals surface area contributed by atoms with Gasteiger partial charge >= 0.3 is 0 Å². The summed E-state index contributed by atoms with van der Waals surface area (Å²) in [6, 6.07) is 0.0976. The molecule has 7 nitrogen and oxygen atoms in total. The van der Waals surface area contributed by atoms with E-state index in [4.69, 9.17) is 0 Å². The molecule has 1 aliphatic carbocycles. The number of hydrogen-bond acceptors (Lipinski definition) is 6. The van der Waals surface area contributed by atoms with Crippen LogP contribution < -0.4 is 15.1 Å². The quantitative estimate of drug-likeness (QED) is 0.853. The van der Waals surface area contributed by atoms with Crippen molar-refractivity contribution in [3.8, 4) is 0 Å². The second kappa shape index (κ2) is 7.73. The summed E-state index contributed by atoms with van der Waals surface area (Å²) in [6.07, 6.45) is 6.80. The average molecular weight is 392 g/mol. The second-order valence-electron chi connectivity index (χ2n) is 8.25. The van der Waals surface area contributed by atoms with Crippen LogP contribution in [0.5, 0.6) is 0 Å². The third-order valence-electron chi connectivity index (χ3n) is 6.54. The van der Waals surface area contributed by atoms with Crippen molar-refractivity contribution in [1.29, 1.82) is 0 Å². The SMILES string of the molecule is C[C@@H]1[C@H](C)CCC[C@@H]1NC(=O)[C@@H]1CCCN1c1nnc(N2CCCC2=O)s1. The molecule has 27 heavy (non-hydrogen) atoms. The number of anilines is 2. The number of nitrogens with one attached hydrogen (secondary N) is 1.